The second kappa shape index (κ2) is 2.94. The van der Waals surface area contributed by atoms with Crippen LogP contribution in [0.3, 0.4) is 0 Å². The van der Waals surface area contributed by atoms with Crippen molar-refractivity contribution >= 4 is 5.78 Å². The summed E-state index contributed by atoms with van der Waals surface area (Å²) in [7, 11) is 0. The average Bonchev–Trinajstić information content (AvgIpc) is 2.32. The van der Waals surface area contributed by atoms with E-state index in [1.54, 1.807) is 0 Å². The predicted octanol–water partition coefficient (Wildman–Crippen LogP) is 0.965. The normalized spacial score (nSPS) is 26.9. The molecule has 0 aromatic rings. The fourth-order valence-electron chi connectivity index (χ4n) is 2.03. The van der Waals surface area contributed by atoms with Gasteiger partial charge in [0.2, 0.25) is 0 Å². The lowest BCUT2D eigenvalue weighted by Gasteiger charge is -2.27. The molecule has 1 saturated heterocycles. The molecule has 2 rings (SSSR count). The van der Waals surface area contributed by atoms with Crippen molar-refractivity contribution in [2.75, 3.05) is 13.1 Å². The van der Waals surface area contributed by atoms with Gasteiger partial charge in [0.1, 0.15) is 5.78 Å². The zero-order valence-corrected chi connectivity index (χ0v) is 6.81. The van der Waals surface area contributed by atoms with Crippen LogP contribution < -0.4 is 5.32 Å². The molecule has 0 radical (unpaired) electrons. The number of nitrogens with one attached hydrogen (secondary N) is 1. The third-order valence-corrected chi connectivity index (χ3v) is 2.94. The summed E-state index contributed by atoms with van der Waals surface area (Å²) >= 11 is 0. The van der Waals surface area contributed by atoms with E-state index in [1.807, 2.05) is 0 Å². The number of hydrogen-bond donors (Lipinski definition) is 1. The van der Waals surface area contributed by atoms with E-state index in [0.29, 0.717) is 17.6 Å². The second-order valence-corrected chi connectivity index (χ2v) is 3.74. The molecule has 2 aliphatic rings. The molecule has 2 fully saturated rings. The minimum atomic E-state index is 0.373. The number of rotatable bonds is 2. The van der Waals surface area contributed by atoms with Crippen LogP contribution in [0.2, 0.25) is 0 Å². The standard InChI is InChI=1S/C9H15NO/c11-9(8-5-10-6-8)7-3-1-2-4-7/h7-8,10H,1-6H2. The monoisotopic (exact) mass is 153 g/mol. The average molecular weight is 153 g/mol. The van der Waals surface area contributed by atoms with Crippen molar-refractivity contribution in [2.45, 2.75) is 25.7 Å². The zero-order valence-electron chi connectivity index (χ0n) is 6.81. The van der Waals surface area contributed by atoms with Gasteiger partial charge >= 0.3 is 0 Å². The van der Waals surface area contributed by atoms with E-state index in [9.17, 15) is 4.79 Å². The van der Waals surface area contributed by atoms with Crippen LogP contribution >= 0.6 is 0 Å². The van der Waals surface area contributed by atoms with Crippen molar-refractivity contribution in [3.63, 3.8) is 0 Å². The van der Waals surface area contributed by atoms with E-state index in [2.05, 4.69) is 5.32 Å². The van der Waals surface area contributed by atoms with Crippen LogP contribution in [0.4, 0.5) is 0 Å². The Morgan fingerprint density at radius 2 is 1.73 bits per heavy atom. The second-order valence-electron chi connectivity index (χ2n) is 3.74. The predicted molar refractivity (Wildman–Crippen MR) is 43.3 cm³/mol. The third kappa shape index (κ3) is 1.32. The quantitative estimate of drug-likeness (QED) is 0.640. The summed E-state index contributed by atoms with van der Waals surface area (Å²) in [5, 5.41) is 3.14. The van der Waals surface area contributed by atoms with E-state index in [-0.39, 0.29) is 0 Å². The Morgan fingerprint density at radius 3 is 2.18 bits per heavy atom. The highest BCUT2D eigenvalue weighted by atomic mass is 16.1. The van der Waals surface area contributed by atoms with E-state index in [4.69, 9.17) is 0 Å². The summed E-state index contributed by atoms with van der Waals surface area (Å²) in [6.45, 7) is 1.88. The van der Waals surface area contributed by atoms with Crippen molar-refractivity contribution in [1.29, 1.82) is 0 Å². The highest BCUT2D eigenvalue weighted by Crippen LogP contribution is 2.28. The van der Waals surface area contributed by atoms with Crippen molar-refractivity contribution in [2.24, 2.45) is 11.8 Å². The Hall–Kier alpha value is -0.370. The van der Waals surface area contributed by atoms with Crippen molar-refractivity contribution < 1.29 is 4.79 Å². The third-order valence-electron chi connectivity index (χ3n) is 2.94. The minimum Gasteiger partial charge on any atom is -0.315 e. The number of hydrogen-bond acceptors (Lipinski definition) is 2. The van der Waals surface area contributed by atoms with Crippen LogP contribution in [-0.4, -0.2) is 18.9 Å². The SMILES string of the molecule is O=C(C1CCCC1)C1CNC1. The van der Waals surface area contributed by atoms with E-state index < -0.39 is 0 Å². The molecule has 1 aliphatic carbocycles. The molecule has 62 valence electrons. The number of Topliss-reactive ketones (excluding diaryl/α,β-unsaturated/α-hetero) is 1. The largest absolute Gasteiger partial charge is 0.315 e. The van der Waals surface area contributed by atoms with Gasteiger partial charge in [-0.15, -0.1) is 0 Å². The van der Waals surface area contributed by atoms with Gasteiger partial charge in [0.05, 0.1) is 0 Å². The Morgan fingerprint density at radius 1 is 1.09 bits per heavy atom. The van der Waals surface area contributed by atoms with Gasteiger partial charge in [-0.3, -0.25) is 4.79 Å². The smallest absolute Gasteiger partial charge is 0.141 e. The van der Waals surface area contributed by atoms with E-state index in [0.717, 1.165) is 25.9 Å². The Labute approximate surface area is 67.4 Å². The van der Waals surface area contributed by atoms with Gasteiger partial charge < -0.3 is 5.32 Å². The molecule has 1 saturated carbocycles. The zero-order chi connectivity index (χ0) is 7.68. The fourth-order valence-corrected chi connectivity index (χ4v) is 2.03. The summed E-state index contributed by atoms with van der Waals surface area (Å²) in [6, 6.07) is 0. The van der Waals surface area contributed by atoms with Crippen LogP contribution in [-0.2, 0) is 4.79 Å². The summed E-state index contributed by atoms with van der Waals surface area (Å²) in [6.07, 6.45) is 4.87. The molecule has 11 heavy (non-hydrogen) atoms. The van der Waals surface area contributed by atoms with E-state index in [1.165, 1.54) is 12.8 Å². The molecule has 1 N–H and O–H groups in total. The maximum Gasteiger partial charge on any atom is 0.141 e. The first-order chi connectivity index (χ1) is 5.38. The molecule has 0 amide bonds. The lowest BCUT2D eigenvalue weighted by atomic mass is 9.88. The van der Waals surface area contributed by atoms with Gasteiger partial charge in [0.25, 0.3) is 0 Å². The molecular weight excluding hydrogens is 138 g/mol. The Kier molecular flexibility index (Phi) is 1.95. The maximum absolute atomic E-state index is 11.6. The number of ketones is 1. The van der Waals surface area contributed by atoms with Crippen LogP contribution in [0.25, 0.3) is 0 Å². The lowest BCUT2D eigenvalue weighted by Crippen LogP contribution is -2.48. The molecule has 1 heterocycles. The summed E-state index contributed by atoms with van der Waals surface area (Å²) in [5.74, 6) is 1.35. The van der Waals surface area contributed by atoms with Crippen molar-refractivity contribution in [3.05, 3.63) is 0 Å². The van der Waals surface area contributed by atoms with Gasteiger partial charge in [0, 0.05) is 24.9 Å². The maximum atomic E-state index is 11.6. The molecule has 0 aromatic heterocycles. The van der Waals surface area contributed by atoms with Gasteiger partial charge in [-0.05, 0) is 12.8 Å². The van der Waals surface area contributed by atoms with Gasteiger partial charge in [0.15, 0.2) is 0 Å². The van der Waals surface area contributed by atoms with Gasteiger partial charge in [-0.25, -0.2) is 0 Å². The van der Waals surface area contributed by atoms with Crippen LogP contribution in [0.1, 0.15) is 25.7 Å². The van der Waals surface area contributed by atoms with Crippen LogP contribution in [0.5, 0.6) is 0 Å². The molecule has 0 bridgehead atoms. The first-order valence-electron chi connectivity index (χ1n) is 4.62. The Balaban J connectivity index is 1.87. The molecular formula is C9H15NO. The summed E-state index contributed by atoms with van der Waals surface area (Å²) in [4.78, 5) is 11.6. The molecule has 0 unspecified atom stereocenters. The first-order valence-corrected chi connectivity index (χ1v) is 4.62. The number of carbonyl (C=O) groups excluding carboxylic acids is 1. The number of carbonyl (C=O) groups is 1. The molecule has 2 nitrogen and oxygen atoms in total. The highest BCUT2D eigenvalue weighted by Gasteiger charge is 2.32. The van der Waals surface area contributed by atoms with Crippen molar-refractivity contribution in [3.8, 4) is 0 Å². The Bertz CT molecular complexity index is 157. The summed E-state index contributed by atoms with van der Waals surface area (Å²) < 4.78 is 0. The topological polar surface area (TPSA) is 29.1 Å². The van der Waals surface area contributed by atoms with E-state index >= 15 is 0 Å². The highest BCUT2D eigenvalue weighted by molar-refractivity contribution is 5.84. The molecule has 2 heteroatoms. The molecule has 0 atom stereocenters. The molecule has 0 spiro atoms. The molecule has 0 aromatic carbocycles. The fraction of sp³-hybridized carbons (Fsp3) is 0.889. The van der Waals surface area contributed by atoms with Crippen LogP contribution in [0.15, 0.2) is 0 Å². The first kappa shape index (κ1) is 7.29. The van der Waals surface area contributed by atoms with Crippen molar-refractivity contribution in [1.82, 2.24) is 5.32 Å². The minimum absolute atomic E-state index is 0.373. The summed E-state index contributed by atoms with van der Waals surface area (Å²) in [5.41, 5.74) is 0. The lowest BCUT2D eigenvalue weighted by molar-refractivity contribution is -0.128. The van der Waals surface area contributed by atoms with Crippen LogP contribution in [0, 0.1) is 11.8 Å². The van der Waals surface area contributed by atoms with Gasteiger partial charge in [-0.2, -0.15) is 0 Å². The van der Waals surface area contributed by atoms with Gasteiger partial charge in [-0.1, -0.05) is 12.8 Å². The molecule has 1 aliphatic heterocycles.